The zero-order valence-electron chi connectivity index (χ0n) is 11.8. The largest absolute Gasteiger partial charge is 0.456 e. The number of aryl methyl sites for hydroxylation is 1. The summed E-state index contributed by atoms with van der Waals surface area (Å²) < 4.78 is 11.6. The van der Waals surface area contributed by atoms with Crippen molar-refractivity contribution in [3.63, 3.8) is 0 Å². The van der Waals surface area contributed by atoms with Crippen LogP contribution in [0.15, 0.2) is 42.5 Å². The number of hydrogen-bond acceptors (Lipinski definition) is 4. The average molecular weight is 272 g/mol. The van der Waals surface area contributed by atoms with E-state index >= 15 is 0 Å². The van der Waals surface area contributed by atoms with Crippen molar-refractivity contribution in [2.45, 2.75) is 20.1 Å². The molecule has 2 aromatic rings. The van der Waals surface area contributed by atoms with Crippen LogP contribution in [0, 0.1) is 6.92 Å². The van der Waals surface area contributed by atoms with Gasteiger partial charge in [-0.1, -0.05) is 36.4 Å². The summed E-state index contributed by atoms with van der Waals surface area (Å²) in [4.78, 5) is 0. The molecule has 0 radical (unpaired) electrons. The Morgan fingerprint density at radius 1 is 1.05 bits per heavy atom. The summed E-state index contributed by atoms with van der Waals surface area (Å²) in [6, 6.07) is 13.4. The van der Waals surface area contributed by atoms with Crippen molar-refractivity contribution in [3.8, 4) is 5.75 Å². The van der Waals surface area contributed by atoms with Crippen molar-refractivity contribution in [1.82, 2.24) is 0 Å². The van der Waals surface area contributed by atoms with E-state index in [0.29, 0.717) is 23.7 Å². The van der Waals surface area contributed by atoms with Crippen LogP contribution in [0.4, 0.5) is 11.4 Å². The van der Waals surface area contributed by atoms with Gasteiger partial charge in [-0.2, -0.15) is 0 Å². The van der Waals surface area contributed by atoms with Crippen LogP contribution in [-0.2, 0) is 4.74 Å². The number of hydrogen-bond donors (Lipinski definition) is 2. The first-order valence-corrected chi connectivity index (χ1v) is 6.61. The molecule has 2 rings (SSSR count). The molecule has 20 heavy (non-hydrogen) atoms. The molecule has 0 fully saturated rings. The lowest BCUT2D eigenvalue weighted by Gasteiger charge is -2.22. The van der Waals surface area contributed by atoms with Crippen LogP contribution in [0.25, 0.3) is 0 Å². The molecule has 1 unspecified atom stereocenters. The van der Waals surface area contributed by atoms with Gasteiger partial charge in [0.15, 0.2) is 5.75 Å². The number of ether oxygens (including phenoxy) is 2. The third-order valence-corrected chi connectivity index (χ3v) is 3.06. The van der Waals surface area contributed by atoms with E-state index in [1.165, 1.54) is 0 Å². The van der Waals surface area contributed by atoms with Crippen molar-refractivity contribution in [1.29, 1.82) is 0 Å². The maximum Gasteiger partial charge on any atom is 0.226 e. The number of anilines is 2. The van der Waals surface area contributed by atoms with E-state index in [4.69, 9.17) is 20.9 Å². The van der Waals surface area contributed by atoms with E-state index in [0.717, 1.165) is 11.1 Å². The molecule has 4 heteroatoms. The standard InChI is InChI=1S/C16H20N2O2/c1-3-19-16(12-7-5-4-6-8-12)20-15-13(17)10-9-11(2)14(15)18/h4-10,16H,3,17-18H2,1-2H3. The Morgan fingerprint density at radius 3 is 2.40 bits per heavy atom. The fraction of sp³-hybridized carbons (Fsp3) is 0.250. The number of rotatable bonds is 5. The molecule has 1 atom stereocenters. The minimum Gasteiger partial charge on any atom is -0.456 e. The summed E-state index contributed by atoms with van der Waals surface area (Å²) in [5, 5.41) is 0. The van der Waals surface area contributed by atoms with Gasteiger partial charge in [0.05, 0.1) is 11.4 Å². The maximum atomic E-state index is 6.05. The van der Waals surface area contributed by atoms with Crippen molar-refractivity contribution in [3.05, 3.63) is 53.6 Å². The van der Waals surface area contributed by atoms with Crippen molar-refractivity contribution >= 4 is 11.4 Å². The minimum atomic E-state index is -0.521. The second-order valence-electron chi connectivity index (χ2n) is 4.53. The third kappa shape index (κ3) is 3.03. The molecule has 0 amide bonds. The Morgan fingerprint density at radius 2 is 1.75 bits per heavy atom. The second kappa shape index (κ2) is 6.30. The lowest BCUT2D eigenvalue weighted by molar-refractivity contribution is -0.0778. The van der Waals surface area contributed by atoms with Gasteiger partial charge in [-0.3, -0.25) is 0 Å². The van der Waals surface area contributed by atoms with Gasteiger partial charge in [0.25, 0.3) is 0 Å². The first-order valence-electron chi connectivity index (χ1n) is 6.61. The third-order valence-electron chi connectivity index (χ3n) is 3.06. The van der Waals surface area contributed by atoms with Crippen molar-refractivity contribution in [2.24, 2.45) is 0 Å². The number of benzene rings is 2. The predicted octanol–water partition coefficient (Wildman–Crippen LogP) is 3.27. The zero-order chi connectivity index (χ0) is 14.5. The summed E-state index contributed by atoms with van der Waals surface area (Å²) in [5.41, 5.74) is 14.9. The van der Waals surface area contributed by atoms with E-state index in [1.807, 2.05) is 50.2 Å². The van der Waals surface area contributed by atoms with Crippen molar-refractivity contribution in [2.75, 3.05) is 18.1 Å². The van der Waals surface area contributed by atoms with Crippen LogP contribution >= 0.6 is 0 Å². The monoisotopic (exact) mass is 272 g/mol. The molecule has 0 heterocycles. The van der Waals surface area contributed by atoms with E-state index in [9.17, 15) is 0 Å². The van der Waals surface area contributed by atoms with Crippen LogP contribution < -0.4 is 16.2 Å². The van der Waals surface area contributed by atoms with Gasteiger partial charge in [-0.25, -0.2) is 0 Å². The Kier molecular flexibility index (Phi) is 4.48. The van der Waals surface area contributed by atoms with Gasteiger partial charge in [0, 0.05) is 12.2 Å². The summed E-state index contributed by atoms with van der Waals surface area (Å²) in [5.74, 6) is 0.479. The highest BCUT2D eigenvalue weighted by Crippen LogP contribution is 2.35. The molecule has 4 nitrogen and oxygen atoms in total. The van der Waals surface area contributed by atoms with Crippen LogP contribution in [0.2, 0.25) is 0 Å². The van der Waals surface area contributed by atoms with E-state index in [-0.39, 0.29) is 0 Å². The fourth-order valence-electron chi connectivity index (χ4n) is 1.91. The Balaban J connectivity index is 2.32. The molecule has 0 aliphatic rings. The van der Waals surface area contributed by atoms with Gasteiger partial charge in [-0.15, -0.1) is 0 Å². The van der Waals surface area contributed by atoms with Crippen LogP contribution in [0.1, 0.15) is 24.3 Å². The number of nitrogens with two attached hydrogens (primary N) is 2. The highest BCUT2D eigenvalue weighted by Gasteiger charge is 2.17. The van der Waals surface area contributed by atoms with Gasteiger partial charge in [0.1, 0.15) is 0 Å². The smallest absolute Gasteiger partial charge is 0.226 e. The second-order valence-corrected chi connectivity index (χ2v) is 4.53. The van der Waals surface area contributed by atoms with Gasteiger partial charge in [0.2, 0.25) is 6.29 Å². The van der Waals surface area contributed by atoms with E-state index in [1.54, 1.807) is 6.07 Å². The summed E-state index contributed by atoms with van der Waals surface area (Å²) in [6.45, 7) is 4.37. The van der Waals surface area contributed by atoms with Crippen molar-refractivity contribution < 1.29 is 9.47 Å². The highest BCUT2D eigenvalue weighted by atomic mass is 16.7. The molecule has 0 saturated carbocycles. The summed E-state index contributed by atoms with van der Waals surface area (Å²) >= 11 is 0. The minimum absolute atomic E-state index is 0.479. The molecule has 106 valence electrons. The summed E-state index contributed by atoms with van der Waals surface area (Å²) in [6.07, 6.45) is -0.521. The van der Waals surface area contributed by atoms with E-state index < -0.39 is 6.29 Å². The molecule has 0 saturated heterocycles. The molecular formula is C16H20N2O2. The Bertz CT molecular complexity index is 570. The van der Waals surface area contributed by atoms with Crippen LogP contribution in [0.3, 0.4) is 0 Å². The number of nitrogen functional groups attached to an aromatic ring is 2. The lowest BCUT2D eigenvalue weighted by atomic mass is 10.1. The zero-order valence-corrected chi connectivity index (χ0v) is 11.8. The van der Waals surface area contributed by atoms with Gasteiger partial charge in [-0.05, 0) is 25.5 Å². The predicted molar refractivity (Wildman–Crippen MR) is 81.4 cm³/mol. The maximum absolute atomic E-state index is 6.05. The first kappa shape index (κ1) is 14.2. The summed E-state index contributed by atoms with van der Waals surface area (Å²) in [7, 11) is 0. The van der Waals surface area contributed by atoms with Gasteiger partial charge >= 0.3 is 0 Å². The fourth-order valence-corrected chi connectivity index (χ4v) is 1.91. The highest BCUT2D eigenvalue weighted by molar-refractivity contribution is 5.70. The van der Waals surface area contributed by atoms with Gasteiger partial charge < -0.3 is 20.9 Å². The SMILES string of the molecule is CCOC(Oc1c(N)ccc(C)c1N)c1ccccc1. The quantitative estimate of drug-likeness (QED) is 0.647. The molecule has 0 spiro atoms. The topological polar surface area (TPSA) is 70.5 Å². The Hall–Kier alpha value is -2.20. The molecular weight excluding hydrogens is 252 g/mol. The molecule has 2 aromatic carbocycles. The molecule has 0 aromatic heterocycles. The normalized spacial score (nSPS) is 12.1. The van der Waals surface area contributed by atoms with E-state index in [2.05, 4.69) is 0 Å². The molecule has 0 aliphatic carbocycles. The molecule has 0 aliphatic heterocycles. The Labute approximate surface area is 119 Å². The van der Waals surface area contributed by atoms with Crippen LogP contribution in [-0.4, -0.2) is 6.61 Å². The average Bonchev–Trinajstić information content (AvgIpc) is 2.47. The van der Waals surface area contributed by atoms with Crippen LogP contribution in [0.5, 0.6) is 5.75 Å². The first-order chi connectivity index (χ1) is 9.63. The molecule has 4 N–H and O–H groups in total. The lowest BCUT2D eigenvalue weighted by Crippen LogP contribution is -2.14. The molecule has 0 bridgehead atoms.